The molecular formula is C14H10ClF3N2O. The number of hydrogen-bond acceptors (Lipinski definition) is 3. The Balaban J connectivity index is 2.25. The number of rotatable bonds is 3. The van der Waals surface area contributed by atoms with Gasteiger partial charge in [-0.15, -0.1) is 0 Å². The second-order valence-corrected chi connectivity index (χ2v) is 4.51. The number of pyridine rings is 1. The van der Waals surface area contributed by atoms with Crippen LogP contribution < -0.4 is 5.32 Å². The Labute approximate surface area is 123 Å². The summed E-state index contributed by atoms with van der Waals surface area (Å²) in [4.78, 5) is 3.29. The van der Waals surface area contributed by atoms with E-state index in [1.54, 1.807) is 18.2 Å². The van der Waals surface area contributed by atoms with Gasteiger partial charge in [0.25, 0.3) is 0 Å². The lowest BCUT2D eigenvalue weighted by molar-refractivity contribution is -0.141. The zero-order valence-corrected chi connectivity index (χ0v) is 11.3. The summed E-state index contributed by atoms with van der Waals surface area (Å²) in [7, 11) is 0. The Morgan fingerprint density at radius 3 is 2.43 bits per heavy atom. The maximum atomic E-state index is 12.5. The van der Waals surface area contributed by atoms with Gasteiger partial charge >= 0.3 is 6.18 Å². The van der Waals surface area contributed by atoms with Gasteiger partial charge in [-0.3, -0.25) is 0 Å². The van der Waals surface area contributed by atoms with Crippen molar-refractivity contribution in [1.29, 1.82) is 0 Å². The van der Waals surface area contributed by atoms with Crippen LogP contribution in [0.25, 0.3) is 5.70 Å². The first-order chi connectivity index (χ1) is 9.79. The summed E-state index contributed by atoms with van der Waals surface area (Å²) in [6.45, 7) is 3.71. The van der Waals surface area contributed by atoms with Crippen LogP contribution >= 0.6 is 11.6 Å². The van der Waals surface area contributed by atoms with Crippen molar-refractivity contribution in [3.8, 4) is 5.75 Å². The van der Waals surface area contributed by atoms with E-state index < -0.39 is 11.9 Å². The highest BCUT2D eigenvalue weighted by Gasteiger charge is 2.32. The van der Waals surface area contributed by atoms with Crippen molar-refractivity contribution in [3.05, 3.63) is 59.4 Å². The summed E-state index contributed by atoms with van der Waals surface area (Å²) in [6, 6.07) is 8.37. The molecule has 0 spiro atoms. The number of para-hydroxylation sites is 1. The highest BCUT2D eigenvalue weighted by atomic mass is 35.5. The Bertz CT molecular complexity index is 686. The molecule has 0 amide bonds. The number of alkyl halides is 3. The fourth-order valence-corrected chi connectivity index (χ4v) is 1.85. The summed E-state index contributed by atoms with van der Waals surface area (Å²) >= 11 is 5.73. The fourth-order valence-electron chi connectivity index (χ4n) is 1.64. The van der Waals surface area contributed by atoms with E-state index in [0.29, 0.717) is 5.56 Å². The van der Waals surface area contributed by atoms with Crippen LogP contribution in [-0.2, 0) is 6.18 Å². The van der Waals surface area contributed by atoms with Gasteiger partial charge in [-0.2, -0.15) is 13.2 Å². The Morgan fingerprint density at radius 2 is 1.86 bits per heavy atom. The van der Waals surface area contributed by atoms with Crippen LogP contribution in [0.4, 0.5) is 18.9 Å². The molecule has 0 saturated carbocycles. The first-order valence-corrected chi connectivity index (χ1v) is 6.15. The van der Waals surface area contributed by atoms with Crippen LogP contribution in [0.15, 0.2) is 43.0 Å². The second kappa shape index (κ2) is 5.65. The van der Waals surface area contributed by atoms with Gasteiger partial charge in [-0.25, -0.2) is 4.98 Å². The van der Waals surface area contributed by atoms with Crippen molar-refractivity contribution in [2.24, 2.45) is 0 Å². The molecule has 0 bridgehead atoms. The maximum Gasteiger partial charge on any atom is 0.433 e. The van der Waals surface area contributed by atoms with Crippen molar-refractivity contribution in [1.82, 2.24) is 4.98 Å². The molecule has 2 rings (SSSR count). The van der Waals surface area contributed by atoms with E-state index in [4.69, 9.17) is 11.6 Å². The van der Waals surface area contributed by atoms with Gasteiger partial charge in [0.1, 0.15) is 11.4 Å². The lowest BCUT2D eigenvalue weighted by Crippen LogP contribution is -2.09. The third-order valence-electron chi connectivity index (χ3n) is 2.65. The van der Waals surface area contributed by atoms with Crippen molar-refractivity contribution in [2.75, 3.05) is 5.32 Å². The number of phenols is 1. The zero-order chi connectivity index (χ0) is 15.6. The van der Waals surface area contributed by atoms with Crippen LogP contribution in [-0.4, -0.2) is 10.1 Å². The number of anilines is 1. The molecule has 1 aromatic heterocycles. The molecular weight excluding hydrogens is 305 g/mol. The minimum atomic E-state index is -4.56. The first kappa shape index (κ1) is 15.2. The topological polar surface area (TPSA) is 45.2 Å². The van der Waals surface area contributed by atoms with Gasteiger partial charge in [0, 0.05) is 11.3 Å². The fraction of sp³-hybridized carbons (Fsp3) is 0.0714. The van der Waals surface area contributed by atoms with E-state index in [1.807, 2.05) is 0 Å². The third kappa shape index (κ3) is 3.46. The molecule has 0 atom stereocenters. The second-order valence-electron chi connectivity index (χ2n) is 4.15. The van der Waals surface area contributed by atoms with Crippen molar-refractivity contribution in [2.45, 2.75) is 6.18 Å². The quantitative estimate of drug-likeness (QED) is 0.817. The van der Waals surface area contributed by atoms with E-state index in [2.05, 4.69) is 16.9 Å². The van der Waals surface area contributed by atoms with Crippen molar-refractivity contribution < 1.29 is 18.3 Å². The Morgan fingerprint density at radius 1 is 1.19 bits per heavy atom. The van der Waals surface area contributed by atoms with Crippen LogP contribution in [0.2, 0.25) is 5.15 Å². The highest BCUT2D eigenvalue weighted by Crippen LogP contribution is 2.32. The molecule has 1 aromatic carbocycles. The van der Waals surface area contributed by atoms with E-state index in [1.165, 1.54) is 6.07 Å². The molecule has 0 unspecified atom stereocenters. The third-order valence-corrected chi connectivity index (χ3v) is 2.94. The summed E-state index contributed by atoms with van der Waals surface area (Å²) < 4.78 is 37.5. The number of hydrogen-bond donors (Lipinski definition) is 2. The van der Waals surface area contributed by atoms with Gasteiger partial charge < -0.3 is 10.4 Å². The Hall–Kier alpha value is -2.21. The number of phenolic OH excluding ortho intramolecular Hbond substituents is 1. The maximum absolute atomic E-state index is 12.5. The molecule has 0 saturated heterocycles. The molecule has 0 aliphatic rings. The van der Waals surface area contributed by atoms with Gasteiger partial charge in [0.05, 0.1) is 5.69 Å². The molecule has 0 aliphatic heterocycles. The van der Waals surface area contributed by atoms with Crippen molar-refractivity contribution >= 4 is 23.0 Å². The van der Waals surface area contributed by atoms with Gasteiger partial charge in [0.15, 0.2) is 5.15 Å². The average molecular weight is 315 g/mol. The highest BCUT2D eigenvalue weighted by molar-refractivity contribution is 6.32. The molecule has 2 aromatic rings. The lowest BCUT2D eigenvalue weighted by atomic mass is 10.1. The van der Waals surface area contributed by atoms with E-state index >= 15 is 0 Å². The molecule has 0 aliphatic carbocycles. The standard InChI is InChI=1S/C14H10ClF3N2O/c1-8(9-4-2-3-5-11(9)21)19-10-6-7-12(14(16,17)18)20-13(10)15/h2-7,19,21H,1H2. The van der Waals surface area contributed by atoms with Gasteiger partial charge in [0.2, 0.25) is 0 Å². The summed E-state index contributed by atoms with van der Waals surface area (Å²) in [5, 5.41) is 12.1. The molecule has 2 N–H and O–H groups in total. The number of nitrogens with one attached hydrogen (secondary N) is 1. The average Bonchev–Trinajstić information content (AvgIpc) is 2.40. The number of nitrogens with zero attached hydrogens (tertiary/aromatic N) is 1. The molecule has 7 heteroatoms. The molecule has 0 radical (unpaired) electrons. The predicted molar refractivity (Wildman–Crippen MR) is 75.0 cm³/mol. The van der Waals surface area contributed by atoms with Crippen molar-refractivity contribution in [3.63, 3.8) is 0 Å². The molecule has 1 heterocycles. The molecule has 0 fully saturated rings. The number of aromatic nitrogens is 1. The zero-order valence-electron chi connectivity index (χ0n) is 10.6. The summed E-state index contributed by atoms with van der Waals surface area (Å²) in [5.41, 5.74) is -0.214. The monoisotopic (exact) mass is 314 g/mol. The van der Waals surface area contributed by atoms with E-state index in [-0.39, 0.29) is 22.3 Å². The number of benzene rings is 1. The van der Waals surface area contributed by atoms with E-state index in [0.717, 1.165) is 12.1 Å². The van der Waals surface area contributed by atoms with Crippen LogP contribution in [0.5, 0.6) is 5.75 Å². The number of halogens is 4. The summed E-state index contributed by atoms with van der Waals surface area (Å²) in [5.74, 6) is -0.00834. The van der Waals surface area contributed by atoms with E-state index in [9.17, 15) is 18.3 Å². The molecule has 21 heavy (non-hydrogen) atoms. The van der Waals surface area contributed by atoms with Crippen LogP contribution in [0.1, 0.15) is 11.3 Å². The van der Waals surface area contributed by atoms with Crippen LogP contribution in [0, 0.1) is 0 Å². The Kier molecular flexibility index (Phi) is 4.09. The minimum Gasteiger partial charge on any atom is -0.507 e. The minimum absolute atomic E-state index is 0.00834. The SMILES string of the molecule is C=C(Nc1ccc(C(F)(F)F)nc1Cl)c1ccccc1O. The molecule has 110 valence electrons. The van der Waals surface area contributed by atoms with Gasteiger partial charge in [-0.05, 0) is 24.3 Å². The number of aromatic hydroxyl groups is 1. The first-order valence-electron chi connectivity index (χ1n) is 5.77. The summed E-state index contributed by atoms with van der Waals surface area (Å²) in [6.07, 6.45) is -4.56. The largest absolute Gasteiger partial charge is 0.507 e. The predicted octanol–water partition coefficient (Wildman–Crippen LogP) is 4.54. The smallest absolute Gasteiger partial charge is 0.433 e. The lowest BCUT2D eigenvalue weighted by Gasteiger charge is -2.13. The normalized spacial score (nSPS) is 11.2. The molecule has 3 nitrogen and oxygen atoms in total. The van der Waals surface area contributed by atoms with Gasteiger partial charge in [-0.1, -0.05) is 30.3 Å². The van der Waals surface area contributed by atoms with Crippen LogP contribution in [0.3, 0.4) is 0 Å².